The molecule has 178 valence electrons. The van der Waals surface area contributed by atoms with Crippen LogP contribution in [0.4, 0.5) is 13.2 Å². The van der Waals surface area contributed by atoms with E-state index >= 15 is 0 Å². The number of halogens is 4. The molecule has 0 atom stereocenters. The van der Waals surface area contributed by atoms with Gasteiger partial charge >= 0.3 is 198 Å². The van der Waals surface area contributed by atoms with Crippen molar-refractivity contribution in [2.45, 2.75) is 5.51 Å². The Hall–Kier alpha value is -2.51. The van der Waals surface area contributed by atoms with E-state index < -0.39 is 35.9 Å². The summed E-state index contributed by atoms with van der Waals surface area (Å²) in [6.45, 7) is 0. The molecule has 3 aromatic carbocycles. The van der Waals surface area contributed by atoms with E-state index in [-0.39, 0.29) is 15.1 Å². The van der Waals surface area contributed by atoms with Crippen LogP contribution in [-0.2, 0) is 12.6 Å². The second-order valence-electron chi connectivity index (χ2n) is 6.43. The van der Waals surface area contributed by atoms with Crippen molar-refractivity contribution in [3.63, 3.8) is 0 Å². The number of alkyl halides is 3. The fourth-order valence-corrected chi connectivity index (χ4v) is 9.74. The van der Waals surface area contributed by atoms with Crippen LogP contribution in [0.15, 0.2) is 66.7 Å². The van der Waals surface area contributed by atoms with Gasteiger partial charge in [-0.05, 0) is 0 Å². The van der Waals surface area contributed by atoms with Gasteiger partial charge in [0, 0.05) is 0 Å². The summed E-state index contributed by atoms with van der Waals surface area (Å²) >= 11 is -3.78. The van der Waals surface area contributed by atoms with Crippen molar-refractivity contribution >= 4 is 30.4 Å². The Morgan fingerprint density at radius 1 is 0.758 bits per heavy atom. The Bertz CT molecular complexity index is 1170. The third-order valence-corrected chi connectivity index (χ3v) is 11.7. The second-order valence-corrected chi connectivity index (χ2v) is 12.8. The second kappa shape index (κ2) is 10.2. The normalized spacial score (nSPS) is 12.2. The summed E-state index contributed by atoms with van der Waals surface area (Å²) in [7, 11) is -1.88. The van der Waals surface area contributed by atoms with Gasteiger partial charge in [0.15, 0.2) is 0 Å². The fourth-order valence-electron chi connectivity index (χ4n) is 2.82. The molecule has 0 saturated heterocycles. The van der Waals surface area contributed by atoms with Crippen LogP contribution < -0.4 is 14.2 Å². The maximum absolute atomic E-state index is 13.2. The van der Waals surface area contributed by atoms with Crippen molar-refractivity contribution < 1.29 is 38.3 Å². The predicted molar refractivity (Wildman–Crippen MR) is 125 cm³/mol. The van der Waals surface area contributed by atoms with Gasteiger partial charge in [0.1, 0.15) is 0 Å². The minimum atomic E-state index is -5.89. The molecule has 11 heteroatoms. The van der Waals surface area contributed by atoms with Gasteiger partial charge in [-0.1, -0.05) is 0 Å². The van der Waals surface area contributed by atoms with Crippen molar-refractivity contribution in [2.75, 3.05) is 21.3 Å². The predicted octanol–water partition coefficient (Wildman–Crippen LogP) is 5.71. The Labute approximate surface area is 197 Å². The number of hydrogen-bond acceptors (Lipinski definition) is 6. The summed E-state index contributed by atoms with van der Waals surface area (Å²) in [5.41, 5.74) is -3.88. The van der Waals surface area contributed by atoms with Crippen LogP contribution >= 0.6 is 20.2 Å². The molecule has 0 radical (unpaired) electrons. The van der Waals surface area contributed by atoms with Crippen molar-refractivity contribution in [1.29, 1.82) is 0 Å². The van der Waals surface area contributed by atoms with E-state index in [1.54, 1.807) is 24.3 Å². The van der Waals surface area contributed by atoms with Gasteiger partial charge in [-0.25, -0.2) is 0 Å². The van der Waals surface area contributed by atoms with Crippen LogP contribution in [0.25, 0.3) is 11.1 Å². The molecule has 0 spiro atoms. The van der Waals surface area contributed by atoms with Gasteiger partial charge in [-0.15, -0.1) is 0 Å². The van der Waals surface area contributed by atoms with E-state index in [0.717, 1.165) is 11.1 Å². The zero-order chi connectivity index (χ0) is 24.2. The Kier molecular flexibility index (Phi) is 7.75. The first kappa shape index (κ1) is 25.1. The molecule has 0 unspecified atom stereocenters. The van der Waals surface area contributed by atoms with Crippen molar-refractivity contribution in [3.05, 3.63) is 73.9 Å². The molecule has 33 heavy (non-hydrogen) atoms. The van der Waals surface area contributed by atoms with Crippen molar-refractivity contribution in [2.24, 2.45) is 0 Å². The molecule has 0 fully saturated rings. The first-order chi connectivity index (χ1) is 15.6. The number of methoxy groups -OCH3 is 3. The van der Waals surface area contributed by atoms with Crippen molar-refractivity contribution in [3.8, 4) is 28.4 Å². The van der Waals surface area contributed by atoms with Crippen LogP contribution in [0, 0.1) is 7.14 Å². The quantitative estimate of drug-likeness (QED) is 0.245. The molecular weight excluding hydrogens is 576 g/mol. The summed E-state index contributed by atoms with van der Waals surface area (Å²) < 4.78 is 84.9. The summed E-state index contributed by atoms with van der Waals surface area (Å²) in [5.74, 6) is 0.517. The maximum atomic E-state index is 13.2. The van der Waals surface area contributed by atoms with Crippen LogP contribution in [0.3, 0.4) is 0 Å². The van der Waals surface area contributed by atoms with Gasteiger partial charge in [-0.3, -0.25) is 0 Å². The zero-order valence-corrected chi connectivity index (χ0v) is 20.7. The van der Waals surface area contributed by atoms with Crippen LogP contribution in [0.5, 0.6) is 17.2 Å². The minimum absolute atomic E-state index is 0.0981. The fraction of sp³-hybridized carbons (Fsp3) is 0.182. The van der Waals surface area contributed by atoms with Gasteiger partial charge in [0.05, 0.1) is 0 Å². The molecule has 3 rings (SSSR count). The summed E-state index contributed by atoms with van der Waals surface area (Å²) in [6.07, 6.45) is 0. The average molecular weight is 596 g/mol. The topological polar surface area (TPSA) is 71.1 Å². The molecular formula is C22H20F3IO6S. The molecule has 0 aliphatic heterocycles. The van der Waals surface area contributed by atoms with Gasteiger partial charge < -0.3 is 0 Å². The van der Waals surface area contributed by atoms with E-state index in [0.29, 0.717) is 9.32 Å². The number of benzene rings is 3. The molecule has 6 nitrogen and oxygen atoms in total. The molecule has 0 saturated carbocycles. The van der Waals surface area contributed by atoms with Crippen LogP contribution in [0.1, 0.15) is 0 Å². The Morgan fingerprint density at radius 2 is 1.27 bits per heavy atom. The summed E-state index contributed by atoms with van der Waals surface area (Å²) in [5, 5.41) is 0. The number of rotatable bonds is 8. The van der Waals surface area contributed by atoms with E-state index in [9.17, 15) is 21.6 Å². The molecule has 0 bridgehead atoms. The zero-order valence-electron chi connectivity index (χ0n) is 17.7. The molecule has 0 N–H and O–H groups in total. The van der Waals surface area contributed by atoms with Gasteiger partial charge in [0.25, 0.3) is 0 Å². The first-order valence-electron chi connectivity index (χ1n) is 9.28. The van der Waals surface area contributed by atoms with Crippen LogP contribution in [0.2, 0.25) is 0 Å². The van der Waals surface area contributed by atoms with E-state index in [2.05, 4.69) is 0 Å². The van der Waals surface area contributed by atoms with Gasteiger partial charge in [0.2, 0.25) is 0 Å². The standard InChI is InChI=1S/C22H20F3IO6S/c1-29-18-13-19(30-2)21(20(14-18)31-3)26(32-33(27,28)22(23,24)25)17-11-9-16(10-12-17)15-7-5-4-6-8-15/h4-14H,1-3H3. The third kappa shape index (κ3) is 5.53. The average Bonchev–Trinajstić information content (AvgIpc) is 2.81. The molecule has 0 heterocycles. The third-order valence-electron chi connectivity index (χ3n) is 4.41. The molecule has 0 amide bonds. The summed E-state index contributed by atoms with van der Waals surface area (Å²) in [6, 6.07) is 18.7. The SMILES string of the molecule is COc1cc(OC)c(I(OS(=O)(=O)C(F)(F)F)c2ccc(-c3ccccc3)cc2)c(OC)c1. The van der Waals surface area contributed by atoms with E-state index in [1.807, 2.05) is 30.3 Å². The van der Waals surface area contributed by atoms with E-state index in [1.165, 1.54) is 33.5 Å². The molecule has 0 aliphatic rings. The van der Waals surface area contributed by atoms with Crippen molar-refractivity contribution in [1.82, 2.24) is 0 Å². The first-order valence-corrected chi connectivity index (χ1v) is 13.7. The number of ether oxygens (including phenoxy) is 3. The summed E-state index contributed by atoms with van der Waals surface area (Å²) in [4.78, 5) is 0. The van der Waals surface area contributed by atoms with Crippen LogP contribution in [-0.4, -0.2) is 35.3 Å². The molecule has 0 aliphatic carbocycles. The molecule has 0 aromatic heterocycles. The monoisotopic (exact) mass is 596 g/mol. The van der Waals surface area contributed by atoms with E-state index in [4.69, 9.17) is 16.7 Å². The Balaban J connectivity index is 2.18. The van der Waals surface area contributed by atoms with Gasteiger partial charge in [-0.2, -0.15) is 0 Å². The number of hydrogen-bond donors (Lipinski definition) is 0. The molecule has 3 aromatic rings. The Morgan fingerprint density at radius 3 is 1.73 bits per heavy atom.